The van der Waals surface area contributed by atoms with E-state index in [1.165, 1.54) is 0 Å². The molecule has 23 heavy (non-hydrogen) atoms. The molecule has 0 N–H and O–H groups in total. The zero-order valence-corrected chi connectivity index (χ0v) is 15.8. The predicted molar refractivity (Wildman–Crippen MR) is 90.2 cm³/mol. The highest BCUT2D eigenvalue weighted by atomic mass is 79.9. The lowest BCUT2D eigenvalue weighted by atomic mass is 9.77. The van der Waals surface area contributed by atoms with Gasteiger partial charge < -0.3 is 9.47 Å². The lowest BCUT2D eigenvalue weighted by Gasteiger charge is -2.35. The van der Waals surface area contributed by atoms with Gasteiger partial charge in [0.05, 0.1) is 13.2 Å². The van der Waals surface area contributed by atoms with Crippen LogP contribution in [0.25, 0.3) is 0 Å². The van der Waals surface area contributed by atoms with Crippen molar-refractivity contribution < 1.29 is 23.9 Å². The minimum Gasteiger partial charge on any atom is -0.465 e. The third kappa shape index (κ3) is 5.44. The summed E-state index contributed by atoms with van der Waals surface area (Å²) in [5.74, 6) is -2.02. The van der Waals surface area contributed by atoms with Crippen LogP contribution in [-0.4, -0.2) is 35.3 Å². The molecule has 0 aliphatic heterocycles. The van der Waals surface area contributed by atoms with Gasteiger partial charge in [-0.05, 0) is 52.0 Å². The molecular weight excluding hydrogens is 364 g/mol. The molecule has 0 aromatic heterocycles. The Morgan fingerprint density at radius 3 is 2.26 bits per heavy atom. The van der Waals surface area contributed by atoms with Gasteiger partial charge in [-0.15, -0.1) is 0 Å². The Morgan fingerprint density at radius 1 is 1.30 bits per heavy atom. The number of hydrogen-bond acceptors (Lipinski definition) is 5. The fourth-order valence-electron chi connectivity index (χ4n) is 2.67. The molecule has 0 saturated heterocycles. The van der Waals surface area contributed by atoms with E-state index in [4.69, 9.17) is 9.47 Å². The Morgan fingerprint density at radius 2 is 1.83 bits per heavy atom. The third-order valence-corrected chi connectivity index (χ3v) is 5.15. The molecule has 0 saturated carbocycles. The fraction of sp³-hybridized carbons (Fsp3) is 0.706. The van der Waals surface area contributed by atoms with Crippen molar-refractivity contribution in [2.24, 2.45) is 11.8 Å². The second-order valence-electron chi connectivity index (χ2n) is 5.99. The van der Waals surface area contributed by atoms with E-state index in [1.54, 1.807) is 13.8 Å². The maximum atomic E-state index is 12.1. The Balaban J connectivity index is 2.89. The van der Waals surface area contributed by atoms with Crippen LogP contribution in [0.4, 0.5) is 0 Å². The van der Waals surface area contributed by atoms with E-state index in [0.29, 0.717) is 6.42 Å². The van der Waals surface area contributed by atoms with Crippen LogP contribution in [0.1, 0.15) is 47.0 Å². The fourth-order valence-corrected chi connectivity index (χ4v) is 3.35. The summed E-state index contributed by atoms with van der Waals surface area (Å²) in [5, 5.41) is 0. The average Bonchev–Trinajstić information content (AvgIpc) is 2.48. The second-order valence-corrected chi connectivity index (χ2v) is 7.80. The van der Waals surface area contributed by atoms with E-state index in [9.17, 15) is 14.4 Å². The van der Waals surface area contributed by atoms with Crippen LogP contribution in [0.3, 0.4) is 0 Å². The molecule has 0 aromatic rings. The first-order valence-corrected chi connectivity index (χ1v) is 8.74. The van der Waals surface area contributed by atoms with Crippen molar-refractivity contribution in [3.63, 3.8) is 0 Å². The van der Waals surface area contributed by atoms with Gasteiger partial charge in [0, 0.05) is 10.7 Å². The van der Waals surface area contributed by atoms with Gasteiger partial charge in [-0.1, -0.05) is 22.0 Å². The van der Waals surface area contributed by atoms with Crippen molar-refractivity contribution in [1.29, 1.82) is 0 Å². The van der Waals surface area contributed by atoms with E-state index in [2.05, 4.69) is 15.9 Å². The number of allylic oxidation sites excluding steroid dienone is 2. The van der Waals surface area contributed by atoms with Crippen LogP contribution in [-0.2, 0) is 23.9 Å². The molecule has 6 heteroatoms. The molecule has 0 bridgehead atoms. The summed E-state index contributed by atoms with van der Waals surface area (Å²) in [6.07, 6.45) is 3.29. The molecule has 0 radical (unpaired) electrons. The van der Waals surface area contributed by atoms with Gasteiger partial charge in [-0.3, -0.25) is 14.4 Å². The molecule has 5 nitrogen and oxygen atoms in total. The van der Waals surface area contributed by atoms with Crippen molar-refractivity contribution in [3.05, 3.63) is 11.6 Å². The average molecular weight is 389 g/mol. The Bertz CT molecular complexity index is 477. The van der Waals surface area contributed by atoms with Crippen molar-refractivity contribution in [3.8, 4) is 0 Å². The number of ketones is 1. The minimum atomic E-state index is -0.985. The molecule has 0 fully saturated rings. The first-order chi connectivity index (χ1) is 10.7. The summed E-state index contributed by atoms with van der Waals surface area (Å²) < 4.78 is 9.47. The molecule has 0 aromatic carbocycles. The summed E-state index contributed by atoms with van der Waals surface area (Å²) in [6.45, 7) is 7.52. The number of carbonyl (C=O) groups excluding carboxylic acids is 3. The number of hydrogen-bond donors (Lipinski definition) is 0. The zero-order valence-electron chi connectivity index (χ0n) is 14.2. The van der Waals surface area contributed by atoms with Crippen LogP contribution in [0.2, 0.25) is 0 Å². The van der Waals surface area contributed by atoms with Crippen molar-refractivity contribution in [2.75, 3.05) is 13.2 Å². The molecule has 1 rings (SSSR count). The number of alkyl halides is 1. The van der Waals surface area contributed by atoms with Crippen LogP contribution in [0.15, 0.2) is 11.6 Å². The van der Waals surface area contributed by atoms with E-state index in [0.717, 1.165) is 12.0 Å². The van der Waals surface area contributed by atoms with E-state index >= 15 is 0 Å². The monoisotopic (exact) mass is 388 g/mol. The Labute approximate surface area is 145 Å². The van der Waals surface area contributed by atoms with Crippen LogP contribution >= 0.6 is 15.9 Å². The van der Waals surface area contributed by atoms with Crippen molar-refractivity contribution in [1.82, 2.24) is 0 Å². The third-order valence-electron chi connectivity index (χ3n) is 4.18. The molecule has 130 valence electrons. The first-order valence-electron chi connectivity index (χ1n) is 7.95. The molecule has 1 aliphatic rings. The van der Waals surface area contributed by atoms with Crippen LogP contribution in [0.5, 0.6) is 0 Å². The highest BCUT2D eigenvalue weighted by Crippen LogP contribution is 2.41. The largest absolute Gasteiger partial charge is 0.465 e. The summed E-state index contributed by atoms with van der Waals surface area (Å²) in [7, 11) is 0. The van der Waals surface area contributed by atoms with Gasteiger partial charge >= 0.3 is 11.9 Å². The number of esters is 2. The molecule has 0 spiro atoms. The van der Waals surface area contributed by atoms with Crippen molar-refractivity contribution >= 4 is 33.7 Å². The maximum Gasteiger partial charge on any atom is 0.320 e. The van der Waals surface area contributed by atoms with E-state index in [-0.39, 0.29) is 31.3 Å². The maximum absolute atomic E-state index is 12.1. The SMILES string of the molecule is CCOC(=O)C(CC(C)(Br)C1CC=C(C)C(=O)C1)C(=O)OCC. The number of ether oxygens (including phenoxy) is 2. The highest BCUT2D eigenvalue weighted by molar-refractivity contribution is 9.10. The van der Waals surface area contributed by atoms with Gasteiger partial charge in [-0.2, -0.15) is 0 Å². The number of Topliss-reactive ketones (excluding diaryl/α,β-unsaturated/α-hetero) is 1. The number of carbonyl (C=O) groups is 3. The normalized spacial score (nSPS) is 20.7. The number of halogens is 1. The standard InChI is InChI=1S/C17H25BrO5/c1-5-22-15(20)13(16(21)23-6-2)10-17(4,18)12-8-7-11(3)14(19)9-12/h7,12-13H,5-6,8-10H2,1-4H3. The molecular formula is C17H25BrO5. The smallest absolute Gasteiger partial charge is 0.320 e. The summed E-state index contributed by atoms with van der Waals surface area (Å²) in [5.41, 5.74) is 0.775. The topological polar surface area (TPSA) is 69.7 Å². The van der Waals surface area contributed by atoms with Gasteiger partial charge in [0.2, 0.25) is 0 Å². The molecule has 2 atom stereocenters. The van der Waals surface area contributed by atoms with Crippen LogP contribution in [0, 0.1) is 11.8 Å². The number of rotatable bonds is 7. The molecule has 1 aliphatic carbocycles. The highest BCUT2D eigenvalue weighted by Gasteiger charge is 2.42. The second kappa shape index (κ2) is 8.62. The van der Waals surface area contributed by atoms with Crippen molar-refractivity contribution in [2.45, 2.75) is 51.3 Å². The summed E-state index contributed by atoms with van der Waals surface area (Å²) in [6, 6.07) is 0. The zero-order chi connectivity index (χ0) is 17.6. The van der Waals surface area contributed by atoms with Crippen LogP contribution < -0.4 is 0 Å². The lowest BCUT2D eigenvalue weighted by Crippen LogP contribution is -2.39. The van der Waals surface area contributed by atoms with E-state index in [1.807, 2.05) is 19.9 Å². The van der Waals surface area contributed by atoms with Gasteiger partial charge in [0.25, 0.3) is 0 Å². The predicted octanol–water partition coefficient (Wildman–Crippen LogP) is 3.20. The Kier molecular flexibility index (Phi) is 7.45. The minimum absolute atomic E-state index is 0.0186. The molecule has 0 amide bonds. The van der Waals surface area contributed by atoms with Gasteiger partial charge in [0.1, 0.15) is 0 Å². The summed E-state index contributed by atoms with van der Waals surface area (Å²) in [4.78, 5) is 36.2. The van der Waals surface area contributed by atoms with Gasteiger partial charge in [-0.25, -0.2) is 0 Å². The quantitative estimate of drug-likeness (QED) is 0.380. The summed E-state index contributed by atoms with van der Waals surface area (Å²) >= 11 is 3.63. The molecule has 2 unspecified atom stereocenters. The molecule has 0 heterocycles. The van der Waals surface area contributed by atoms with Gasteiger partial charge in [0.15, 0.2) is 11.7 Å². The Hall–Kier alpha value is -1.17. The lowest BCUT2D eigenvalue weighted by molar-refractivity contribution is -0.162. The first kappa shape index (κ1) is 19.9. The van der Waals surface area contributed by atoms with E-state index < -0.39 is 22.2 Å².